The molecule has 0 saturated carbocycles. The third-order valence-electron chi connectivity index (χ3n) is 4.17. The molecule has 1 unspecified atom stereocenters. The number of thioether (sulfide) groups is 1. The zero-order chi connectivity index (χ0) is 16.9. The van der Waals surface area contributed by atoms with Gasteiger partial charge in [0.25, 0.3) is 0 Å². The fourth-order valence-corrected chi connectivity index (χ4v) is 3.82. The minimum absolute atomic E-state index is 0.0206. The third kappa shape index (κ3) is 4.08. The highest BCUT2D eigenvalue weighted by atomic mass is 32.2. The first kappa shape index (κ1) is 16.8. The number of aromatic hydroxyl groups is 1. The van der Waals surface area contributed by atoms with E-state index in [1.807, 2.05) is 49.0 Å². The molecule has 1 heterocycles. The second-order valence-electron chi connectivity index (χ2n) is 5.99. The highest BCUT2D eigenvalue weighted by Crippen LogP contribution is 2.22. The van der Waals surface area contributed by atoms with Crippen LogP contribution in [0, 0.1) is 6.92 Å². The van der Waals surface area contributed by atoms with Crippen LogP contribution >= 0.6 is 11.8 Å². The van der Waals surface area contributed by atoms with E-state index in [0.717, 1.165) is 41.1 Å². The maximum absolute atomic E-state index is 12.6. The molecule has 3 rings (SSSR count). The highest BCUT2D eigenvalue weighted by molar-refractivity contribution is 8.00. The van der Waals surface area contributed by atoms with Crippen molar-refractivity contribution in [2.24, 2.45) is 0 Å². The Morgan fingerprint density at radius 1 is 1.33 bits per heavy atom. The maximum atomic E-state index is 12.6. The largest absolute Gasteiger partial charge is 0.508 e. The maximum Gasteiger partial charge on any atom is 0.186 e. The summed E-state index contributed by atoms with van der Waals surface area (Å²) in [7, 11) is 0. The molecule has 0 aromatic heterocycles. The molecule has 0 radical (unpaired) electrons. The molecule has 0 bridgehead atoms. The summed E-state index contributed by atoms with van der Waals surface area (Å²) in [6, 6.07) is 13.2. The molecular formula is C20H21NO2S. The van der Waals surface area contributed by atoms with Gasteiger partial charge in [0.05, 0.1) is 0 Å². The molecule has 24 heavy (non-hydrogen) atoms. The van der Waals surface area contributed by atoms with Gasteiger partial charge < -0.3 is 10.4 Å². The first-order valence-electron chi connectivity index (χ1n) is 8.06. The smallest absolute Gasteiger partial charge is 0.186 e. The molecule has 2 aromatic rings. The van der Waals surface area contributed by atoms with Crippen molar-refractivity contribution in [3.05, 3.63) is 70.8 Å². The van der Waals surface area contributed by atoms with Crippen molar-refractivity contribution in [3.8, 4) is 5.75 Å². The molecule has 1 saturated heterocycles. The third-order valence-corrected chi connectivity index (χ3v) is 5.35. The summed E-state index contributed by atoms with van der Waals surface area (Å²) >= 11 is 1.91. The Kier molecular flexibility index (Phi) is 5.38. The fraction of sp³-hybridized carbons (Fsp3) is 0.250. The summed E-state index contributed by atoms with van der Waals surface area (Å²) in [5, 5.41) is 13.4. The van der Waals surface area contributed by atoms with Crippen molar-refractivity contribution in [3.63, 3.8) is 0 Å². The van der Waals surface area contributed by atoms with Crippen LogP contribution in [-0.4, -0.2) is 28.6 Å². The lowest BCUT2D eigenvalue weighted by molar-refractivity contribution is 0.104. The number of allylic oxidation sites excluding steroid dienone is 1. The minimum Gasteiger partial charge on any atom is -0.508 e. The standard InChI is InChI=1S/C20H21NO2S/c1-14-10-15(6-8-19(14)22)7-9-20(23)18-5-3-2-4-16(18)11-17-12-21-13-24-17/h2-10,17,21-22H,11-13H2,1H3/b9-7+. The monoisotopic (exact) mass is 339 g/mol. The second kappa shape index (κ2) is 7.69. The Labute approximate surface area is 146 Å². The molecule has 4 heteroatoms. The topological polar surface area (TPSA) is 49.3 Å². The van der Waals surface area contributed by atoms with Gasteiger partial charge in [-0.2, -0.15) is 0 Å². The van der Waals surface area contributed by atoms with Gasteiger partial charge in [-0.15, -0.1) is 11.8 Å². The van der Waals surface area contributed by atoms with Gasteiger partial charge in [-0.1, -0.05) is 36.4 Å². The highest BCUT2D eigenvalue weighted by Gasteiger charge is 2.18. The number of benzene rings is 2. The van der Waals surface area contributed by atoms with Crippen LogP contribution in [-0.2, 0) is 6.42 Å². The summed E-state index contributed by atoms with van der Waals surface area (Å²) in [5.74, 6) is 1.28. The first-order chi connectivity index (χ1) is 11.6. The van der Waals surface area contributed by atoms with Gasteiger partial charge >= 0.3 is 0 Å². The van der Waals surface area contributed by atoms with E-state index in [0.29, 0.717) is 5.25 Å². The van der Waals surface area contributed by atoms with E-state index in [4.69, 9.17) is 0 Å². The molecule has 0 aliphatic carbocycles. The number of carbonyl (C=O) groups excluding carboxylic acids is 1. The van der Waals surface area contributed by atoms with E-state index in [1.54, 1.807) is 24.3 Å². The van der Waals surface area contributed by atoms with E-state index in [1.165, 1.54) is 0 Å². The summed E-state index contributed by atoms with van der Waals surface area (Å²) in [5.41, 5.74) is 3.59. The number of phenolic OH excluding ortho intramolecular Hbond substituents is 1. The van der Waals surface area contributed by atoms with Crippen molar-refractivity contribution >= 4 is 23.6 Å². The Morgan fingerprint density at radius 3 is 2.92 bits per heavy atom. The van der Waals surface area contributed by atoms with Gasteiger partial charge in [0, 0.05) is 23.2 Å². The number of ketones is 1. The molecular weight excluding hydrogens is 318 g/mol. The summed E-state index contributed by atoms with van der Waals surface area (Å²) < 4.78 is 0. The van der Waals surface area contributed by atoms with E-state index >= 15 is 0 Å². The molecule has 2 aromatic carbocycles. The summed E-state index contributed by atoms with van der Waals surface area (Å²) in [6.07, 6.45) is 4.33. The van der Waals surface area contributed by atoms with Crippen LogP contribution in [0.2, 0.25) is 0 Å². The zero-order valence-corrected chi connectivity index (χ0v) is 14.5. The van der Waals surface area contributed by atoms with Crippen LogP contribution in [0.3, 0.4) is 0 Å². The summed E-state index contributed by atoms with van der Waals surface area (Å²) in [6.45, 7) is 2.84. The second-order valence-corrected chi connectivity index (χ2v) is 7.28. The average Bonchev–Trinajstić information content (AvgIpc) is 3.09. The number of phenols is 1. The van der Waals surface area contributed by atoms with E-state index in [-0.39, 0.29) is 11.5 Å². The van der Waals surface area contributed by atoms with Crippen LogP contribution in [0.25, 0.3) is 6.08 Å². The quantitative estimate of drug-likeness (QED) is 0.642. The molecule has 1 fully saturated rings. The normalized spacial score (nSPS) is 17.5. The van der Waals surface area contributed by atoms with Gasteiger partial charge in [-0.05, 0) is 48.2 Å². The number of hydrogen-bond acceptors (Lipinski definition) is 4. The van der Waals surface area contributed by atoms with Crippen molar-refractivity contribution in [1.29, 1.82) is 0 Å². The van der Waals surface area contributed by atoms with Crippen molar-refractivity contribution < 1.29 is 9.90 Å². The SMILES string of the molecule is Cc1cc(/C=C/C(=O)c2ccccc2CC2CNCS2)ccc1O. The molecule has 1 atom stereocenters. The van der Waals surface area contributed by atoms with Crippen LogP contribution < -0.4 is 5.32 Å². The van der Waals surface area contributed by atoms with E-state index in [9.17, 15) is 9.90 Å². The van der Waals surface area contributed by atoms with Gasteiger partial charge in [0.1, 0.15) is 5.75 Å². The van der Waals surface area contributed by atoms with Crippen molar-refractivity contribution in [1.82, 2.24) is 5.32 Å². The predicted octanol–water partition coefficient (Wildman–Crippen LogP) is 3.80. The predicted molar refractivity (Wildman–Crippen MR) is 101 cm³/mol. The van der Waals surface area contributed by atoms with Crippen molar-refractivity contribution in [2.75, 3.05) is 12.4 Å². The Bertz CT molecular complexity index is 764. The Morgan fingerprint density at radius 2 is 2.17 bits per heavy atom. The number of carbonyl (C=O) groups is 1. The number of nitrogens with one attached hydrogen (secondary N) is 1. The van der Waals surface area contributed by atoms with Gasteiger partial charge in [-0.25, -0.2) is 0 Å². The van der Waals surface area contributed by atoms with E-state index < -0.39 is 0 Å². The molecule has 0 amide bonds. The van der Waals surface area contributed by atoms with Crippen LogP contribution in [0.15, 0.2) is 48.5 Å². The minimum atomic E-state index is 0.0206. The number of aryl methyl sites for hydroxylation is 1. The number of hydrogen-bond donors (Lipinski definition) is 2. The molecule has 124 valence electrons. The van der Waals surface area contributed by atoms with Crippen LogP contribution in [0.4, 0.5) is 0 Å². The Hall–Kier alpha value is -2.04. The molecule has 0 spiro atoms. The van der Waals surface area contributed by atoms with Gasteiger partial charge in [0.2, 0.25) is 0 Å². The molecule has 1 aliphatic rings. The van der Waals surface area contributed by atoms with E-state index in [2.05, 4.69) is 5.32 Å². The lowest BCUT2D eigenvalue weighted by Gasteiger charge is -2.11. The lowest BCUT2D eigenvalue weighted by atomic mass is 9.98. The average molecular weight is 339 g/mol. The summed E-state index contributed by atoms with van der Waals surface area (Å²) in [4.78, 5) is 12.6. The molecule has 1 aliphatic heterocycles. The number of rotatable bonds is 5. The fourth-order valence-electron chi connectivity index (χ4n) is 2.81. The van der Waals surface area contributed by atoms with Crippen molar-refractivity contribution in [2.45, 2.75) is 18.6 Å². The van der Waals surface area contributed by atoms with Gasteiger partial charge in [0.15, 0.2) is 5.78 Å². The Balaban J connectivity index is 1.76. The molecule has 3 nitrogen and oxygen atoms in total. The van der Waals surface area contributed by atoms with Gasteiger partial charge in [-0.3, -0.25) is 4.79 Å². The van der Waals surface area contributed by atoms with Crippen LogP contribution in [0.5, 0.6) is 5.75 Å². The van der Waals surface area contributed by atoms with Crippen LogP contribution in [0.1, 0.15) is 27.0 Å². The first-order valence-corrected chi connectivity index (χ1v) is 9.10. The zero-order valence-electron chi connectivity index (χ0n) is 13.7. The molecule has 2 N–H and O–H groups in total. The lowest BCUT2D eigenvalue weighted by Crippen LogP contribution is -2.16.